The van der Waals surface area contributed by atoms with Gasteiger partial charge >= 0.3 is 0 Å². The van der Waals surface area contributed by atoms with Crippen LogP contribution in [0.5, 0.6) is 0 Å². The monoisotopic (exact) mass is 290 g/mol. The molecule has 0 amide bonds. The fourth-order valence-corrected chi connectivity index (χ4v) is 3.40. The molecule has 1 aromatic carbocycles. The first kappa shape index (κ1) is 12.7. The van der Waals surface area contributed by atoms with Crippen LogP contribution in [-0.2, 0) is 5.88 Å². The Bertz CT molecular complexity index is 700. The summed E-state index contributed by atoms with van der Waals surface area (Å²) < 4.78 is 2.24. The molecule has 0 aliphatic carbocycles. The number of nitrogens with zero attached hydrogens (tertiary/aromatic N) is 2. The van der Waals surface area contributed by atoms with Crippen molar-refractivity contribution in [1.29, 1.82) is 0 Å². The minimum absolute atomic E-state index is 0.265. The number of alkyl halides is 1. The maximum Gasteiger partial charge on any atom is 0.125 e. The highest BCUT2D eigenvalue weighted by Crippen LogP contribution is 2.29. The lowest BCUT2D eigenvalue weighted by Crippen LogP contribution is -2.08. The molecular formula is C15H15ClN2S. The maximum atomic E-state index is 6.07. The SMILES string of the molecule is Cc1ccc2c(c1)nc(CCl)n2C(C)c1cccs1. The highest BCUT2D eigenvalue weighted by molar-refractivity contribution is 7.10. The first-order chi connectivity index (χ1) is 9.20. The van der Waals surface area contributed by atoms with Crippen molar-refractivity contribution in [1.82, 2.24) is 9.55 Å². The molecule has 3 aromatic rings. The number of imidazole rings is 1. The van der Waals surface area contributed by atoms with Gasteiger partial charge in [0.2, 0.25) is 0 Å². The van der Waals surface area contributed by atoms with Gasteiger partial charge in [-0.25, -0.2) is 4.98 Å². The minimum Gasteiger partial charge on any atom is -0.319 e. The van der Waals surface area contributed by atoms with E-state index in [9.17, 15) is 0 Å². The molecule has 0 saturated carbocycles. The zero-order chi connectivity index (χ0) is 13.4. The van der Waals surface area contributed by atoms with Gasteiger partial charge in [-0.05, 0) is 43.0 Å². The Hall–Kier alpha value is -1.32. The van der Waals surface area contributed by atoms with E-state index in [0.717, 1.165) is 16.9 Å². The molecular weight excluding hydrogens is 276 g/mol. The van der Waals surface area contributed by atoms with Crippen LogP contribution in [0.1, 0.15) is 29.2 Å². The smallest absolute Gasteiger partial charge is 0.125 e. The van der Waals surface area contributed by atoms with Gasteiger partial charge < -0.3 is 4.57 Å². The Morgan fingerprint density at radius 3 is 2.89 bits per heavy atom. The van der Waals surface area contributed by atoms with Crippen LogP contribution in [0.25, 0.3) is 11.0 Å². The summed E-state index contributed by atoms with van der Waals surface area (Å²) in [6.45, 7) is 4.28. The molecule has 0 N–H and O–H groups in total. The lowest BCUT2D eigenvalue weighted by atomic mass is 10.2. The summed E-state index contributed by atoms with van der Waals surface area (Å²) in [5.74, 6) is 1.37. The van der Waals surface area contributed by atoms with Crippen LogP contribution in [0.3, 0.4) is 0 Å². The van der Waals surface area contributed by atoms with Crippen molar-refractivity contribution in [3.63, 3.8) is 0 Å². The van der Waals surface area contributed by atoms with Crippen LogP contribution in [-0.4, -0.2) is 9.55 Å². The van der Waals surface area contributed by atoms with Gasteiger partial charge in [-0.3, -0.25) is 0 Å². The Morgan fingerprint density at radius 1 is 1.37 bits per heavy atom. The molecule has 2 heterocycles. The summed E-state index contributed by atoms with van der Waals surface area (Å²) in [5.41, 5.74) is 3.41. The van der Waals surface area contributed by atoms with Crippen LogP contribution in [0.15, 0.2) is 35.7 Å². The second-order valence-corrected chi connectivity index (χ2v) is 5.96. The first-order valence-electron chi connectivity index (χ1n) is 6.27. The van der Waals surface area contributed by atoms with E-state index in [-0.39, 0.29) is 6.04 Å². The summed E-state index contributed by atoms with van der Waals surface area (Å²) in [4.78, 5) is 5.98. The maximum absolute atomic E-state index is 6.07. The van der Waals surface area contributed by atoms with E-state index < -0.39 is 0 Å². The average molecular weight is 291 g/mol. The molecule has 2 aromatic heterocycles. The molecule has 0 fully saturated rings. The third-order valence-electron chi connectivity index (χ3n) is 3.38. The molecule has 0 spiro atoms. The topological polar surface area (TPSA) is 17.8 Å². The molecule has 98 valence electrons. The van der Waals surface area contributed by atoms with E-state index >= 15 is 0 Å². The Labute approximate surface area is 121 Å². The molecule has 1 unspecified atom stereocenters. The fraction of sp³-hybridized carbons (Fsp3) is 0.267. The predicted octanol–water partition coefficient (Wildman–Crippen LogP) is 4.75. The van der Waals surface area contributed by atoms with Gasteiger partial charge in [-0.15, -0.1) is 22.9 Å². The summed E-state index contributed by atoms with van der Waals surface area (Å²) >= 11 is 7.84. The summed E-state index contributed by atoms with van der Waals surface area (Å²) in [7, 11) is 0. The molecule has 1 atom stereocenters. The number of fused-ring (bicyclic) bond motifs is 1. The third kappa shape index (κ3) is 2.17. The summed E-state index contributed by atoms with van der Waals surface area (Å²) in [6.07, 6.45) is 0. The van der Waals surface area contributed by atoms with Crippen molar-refractivity contribution in [2.75, 3.05) is 0 Å². The van der Waals surface area contributed by atoms with Crippen molar-refractivity contribution in [3.05, 3.63) is 52.0 Å². The van der Waals surface area contributed by atoms with Crippen molar-refractivity contribution in [2.45, 2.75) is 25.8 Å². The van der Waals surface area contributed by atoms with E-state index in [4.69, 9.17) is 11.6 Å². The fourth-order valence-electron chi connectivity index (χ4n) is 2.44. The largest absolute Gasteiger partial charge is 0.319 e. The third-order valence-corrected chi connectivity index (χ3v) is 4.66. The van der Waals surface area contributed by atoms with E-state index in [1.807, 2.05) is 0 Å². The molecule has 2 nitrogen and oxygen atoms in total. The molecule has 0 saturated heterocycles. The zero-order valence-electron chi connectivity index (χ0n) is 10.9. The normalized spacial score (nSPS) is 13.0. The highest BCUT2D eigenvalue weighted by Gasteiger charge is 2.17. The van der Waals surface area contributed by atoms with Crippen LogP contribution < -0.4 is 0 Å². The van der Waals surface area contributed by atoms with E-state index in [0.29, 0.717) is 5.88 Å². The minimum atomic E-state index is 0.265. The van der Waals surface area contributed by atoms with Crippen LogP contribution >= 0.6 is 22.9 Å². The molecule has 4 heteroatoms. The number of hydrogen-bond donors (Lipinski definition) is 0. The van der Waals surface area contributed by atoms with Crippen molar-refractivity contribution in [2.24, 2.45) is 0 Å². The number of halogens is 1. The summed E-state index contributed by atoms with van der Waals surface area (Å²) in [5, 5.41) is 2.11. The van der Waals surface area contributed by atoms with E-state index in [1.165, 1.54) is 10.4 Å². The van der Waals surface area contributed by atoms with Crippen LogP contribution in [0.4, 0.5) is 0 Å². The van der Waals surface area contributed by atoms with Gasteiger partial charge in [0, 0.05) is 4.88 Å². The molecule has 19 heavy (non-hydrogen) atoms. The van der Waals surface area contributed by atoms with Crippen molar-refractivity contribution >= 4 is 34.0 Å². The van der Waals surface area contributed by atoms with Gasteiger partial charge in [-0.1, -0.05) is 12.1 Å². The molecule has 0 aliphatic rings. The molecule has 0 radical (unpaired) electrons. The number of aryl methyl sites for hydroxylation is 1. The molecule has 0 aliphatic heterocycles. The van der Waals surface area contributed by atoms with Gasteiger partial charge in [0.05, 0.1) is 23.0 Å². The number of rotatable bonds is 3. The second kappa shape index (κ2) is 4.99. The Kier molecular flexibility index (Phi) is 3.33. The van der Waals surface area contributed by atoms with Gasteiger partial charge in [0.15, 0.2) is 0 Å². The Morgan fingerprint density at radius 2 is 2.21 bits per heavy atom. The van der Waals surface area contributed by atoms with E-state index in [1.54, 1.807) is 11.3 Å². The van der Waals surface area contributed by atoms with Crippen molar-refractivity contribution in [3.8, 4) is 0 Å². The lowest BCUT2D eigenvalue weighted by molar-refractivity contribution is 0.644. The van der Waals surface area contributed by atoms with Crippen LogP contribution in [0.2, 0.25) is 0 Å². The number of thiophene rings is 1. The van der Waals surface area contributed by atoms with Crippen molar-refractivity contribution < 1.29 is 0 Å². The zero-order valence-corrected chi connectivity index (χ0v) is 12.5. The highest BCUT2D eigenvalue weighted by atomic mass is 35.5. The van der Waals surface area contributed by atoms with Gasteiger partial charge in [0.1, 0.15) is 5.82 Å². The van der Waals surface area contributed by atoms with Crippen LogP contribution in [0, 0.1) is 6.92 Å². The molecule has 0 bridgehead atoms. The van der Waals surface area contributed by atoms with Gasteiger partial charge in [-0.2, -0.15) is 0 Å². The number of benzene rings is 1. The standard InChI is InChI=1S/C15H15ClN2S/c1-10-5-6-13-12(8-10)17-15(9-16)18(13)11(2)14-4-3-7-19-14/h3-8,11H,9H2,1-2H3. The summed E-state index contributed by atoms with van der Waals surface area (Å²) in [6, 6.07) is 10.9. The number of aromatic nitrogens is 2. The average Bonchev–Trinajstić information content (AvgIpc) is 3.04. The predicted molar refractivity (Wildman–Crippen MR) is 82.2 cm³/mol. The first-order valence-corrected chi connectivity index (χ1v) is 7.69. The lowest BCUT2D eigenvalue weighted by Gasteiger charge is -2.15. The van der Waals surface area contributed by atoms with E-state index in [2.05, 4.69) is 59.1 Å². The van der Waals surface area contributed by atoms with Gasteiger partial charge in [0.25, 0.3) is 0 Å². The Balaban J connectivity index is 2.21. The quantitative estimate of drug-likeness (QED) is 0.636. The number of hydrogen-bond acceptors (Lipinski definition) is 2. The second-order valence-electron chi connectivity index (χ2n) is 4.72. The molecule has 3 rings (SSSR count).